The summed E-state index contributed by atoms with van der Waals surface area (Å²) in [5, 5.41) is 17.4. The van der Waals surface area contributed by atoms with Gasteiger partial charge in [-0.25, -0.2) is 0 Å². The predicted molar refractivity (Wildman–Crippen MR) is 242 cm³/mol. The number of fused-ring (bicyclic) bond motifs is 7. The number of aliphatic imine (C=N–C) groups is 1. The lowest BCUT2D eigenvalue weighted by Crippen LogP contribution is -1.99. The Hall–Kier alpha value is -7.36. The molecule has 9 aromatic rings. The average Bonchev–Trinajstić information content (AvgIpc) is 3.57. The van der Waals surface area contributed by atoms with Gasteiger partial charge in [-0.15, -0.1) is 0 Å². The maximum atomic E-state index is 9.45. The van der Waals surface area contributed by atoms with E-state index in [0.29, 0.717) is 11.4 Å². The second kappa shape index (κ2) is 14.5. The van der Waals surface area contributed by atoms with Crippen LogP contribution in [0.3, 0.4) is 0 Å². The van der Waals surface area contributed by atoms with E-state index in [9.17, 15) is 5.41 Å². The van der Waals surface area contributed by atoms with E-state index in [0.717, 1.165) is 77.0 Å². The Bertz CT molecular complexity index is 3050. The van der Waals surface area contributed by atoms with E-state index in [2.05, 4.69) is 169 Å². The molecule has 0 atom stereocenters. The van der Waals surface area contributed by atoms with Crippen LogP contribution in [-0.2, 0) is 0 Å². The summed E-state index contributed by atoms with van der Waals surface area (Å²) < 4.78 is 2.35. The summed E-state index contributed by atoms with van der Waals surface area (Å²) in [6.07, 6.45) is 8.06. The number of nitrogens with one attached hydrogen (secondary N) is 1. The van der Waals surface area contributed by atoms with Crippen LogP contribution in [0, 0.1) is 5.41 Å². The molecule has 0 saturated carbocycles. The fraction of sp³-hybridized carbons (Fsp3) is 0.0189. The molecule has 8 aromatic carbocycles. The molecule has 0 aliphatic heterocycles. The first-order valence-electron chi connectivity index (χ1n) is 18.9. The van der Waals surface area contributed by atoms with Crippen molar-refractivity contribution < 1.29 is 0 Å². The van der Waals surface area contributed by atoms with Gasteiger partial charge < -0.3 is 9.98 Å². The maximum absolute atomic E-state index is 9.45. The maximum Gasteiger partial charge on any atom is 0.0716 e. The number of allylic oxidation sites excluding steroid dienone is 2. The molecule has 56 heavy (non-hydrogen) atoms. The molecule has 1 N–H and O–H groups in total. The van der Waals surface area contributed by atoms with Gasteiger partial charge in [0.1, 0.15) is 0 Å². The summed E-state index contributed by atoms with van der Waals surface area (Å²) in [6.45, 7) is 10.1. The molecule has 0 fully saturated rings. The second-order valence-electron chi connectivity index (χ2n) is 14.0. The third-order valence-electron chi connectivity index (χ3n) is 10.8. The van der Waals surface area contributed by atoms with E-state index in [-0.39, 0.29) is 0 Å². The number of hydrogen-bond donors (Lipinski definition) is 1. The highest BCUT2D eigenvalue weighted by Gasteiger charge is 2.18. The van der Waals surface area contributed by atoms with Crippen molar-refractivity contribution in [3.05, 3.63) is 205 Å². The molecule has 0 radical (unpaired) electrons. The second-order valence-corrected chi connectivity index (χ2v) is 14.0. The van der Waals surface area contributed by atoms with Crippen LogP contribution in [0.1, 0.15) is 29.3 Å². The van der Waals surface area contributed by atoms with Crippen LogP contribution in [0.5, 0.6) is 0 Å². The summed E-state index contributed by atoms with van der Waals surface area (Å²) in [4.78, 5) is 4.33. The number of rotatable bonds is 9. The van der Waals surface area contributed by atoms with Crippen LogP contribution in [0.25, 0.3) is 89.0 Å². The van der Waals surface area contributed by atoms with Gasteiger partial charge in [-0.3, -0.25) is 4.99 Å². The third kappa shape index (κ3) is 5.87. The minimum absolute atomic E-state index is 0.384. The molecule has 266 valence electrons. The summed E-state index contributed by atoms with van der Waals surface area (Å²) in [7, 11) is 0. The van der Waals surface area contributed by atoms with Gasteiger partial charge in [0.25, 0.3) is 0 Å². The fourth-order valence-corrected chi connectivity index (χ4v) is 8.21. The van der Waals surface area contributed by atoms with Gasteiger partial charge in [-0.05, 0) is 105 Å². The molecule has 3 heteroatoms. The fourth-order valence-electron chi connectivity index (χ4n) is 8.21. The quantitative estimate of drug-likeness (QED) is 0.114. The lowest BCUT2D eigenvalue weighted by Gasteiger charge is -2.15. The number of nitrogens with zero attached hydrogens (tertiary/aromatic N) is 2. The van der Waals surface area contributed by atoms with E-state index in [1.165, 1.54) is 16.5 Å². The molecule has 1 aromatic heterocycles. The highest BCUT2D eigenvalue weighted by molar-refractivity contribution is 6.31. The van der Waals surface area contributed by atoms with Crippen LogP contribution in [0.4, 0.5) is 0 Å². The molecular weight excluding hydrogens is 679 g/mol. The van der Waals surface area contributed by atoms with Crippen LogP contribution in [-0.4, -0.2) is 17.0 Å². The number of hydrogen-bond acceptors (Lipinski definition) is 2. The zero-order chi connectivity index (χ0) is 38.2. The normalized spacial score (nSPS) is 11.9. The first-order valence-corrected chi connectivity index (χ1v) is 18.9. The lowest BCUT2D eigenvalue weighted by molar-refractivity contribution is 1.10. The number of benzene rings is 8. The molecule has 0 unspecified atom stereocenters. The minimum atomic E-state index is 0.384. The zero-order valence-corrected chi connectivity index (χ0v) is 31.2. The molecule has 9 rings (SSSR count). The largest absolute Gasteiger partial charge is 0.309 e. The molecule has 0 aliphatic rings. The van der Waals surface area contributed by atoms with Gasteiger partial charge in [0.15, 0.2) is 0 Å². The molecule has 0 bridgehead atoms. The summed E-state index contributed by atoms with van der Waals surface area (Å²) in [5.74, 6) is 0. The topological polar surface area (TPSA) is 41.1 Å². The molecule has 1 heterocycles. The van der Waals surface area contributed by atoms with E-state index in [4.69, 9.17) is 0 Å². The lowest BCUT2D eigenvalue weighted by atomic mass is 9.88. The first kappa shape index (κ1) is 34.4. The molecular formula is C53H39N3. The van der Waals surface area contributed by atoms with Crippen molar-refractivity contribution in [3.8, 4) is 27.9 Å². The van der Waals surface area contributed by atoms with Crippen molar-refractivity contribution in [2.75, 3.05) is 0 Å². The SMILES string of the molecule is C=Cc1c(/C=C\C)n(-c2ccc(-c3ccccc3)cc2)c2cc(-c3ccc4c5ccccc5c5cccc(C(=N)/C=C(\N=C)c6ccccc6)c5c4c3)ccc12. The van der Waals surface area contributed by atoms with Gasteiger partial charge in [0.2, 0.25) is 0 Å². The Morgan fingerprint density at radius 3 is 1.88 bits per heavy atom. The van der Waals surface area contributed by atoms with Crippen LogP contribution < -0.4 is 0 Å². The van der Waals surface area contributed by atoms with Gasteiger partial charge in [-0.2, -0.15) is 0 Å². The van der Waals surface area contributed by atoms with Gasteiger partial charge in [0.05, 0.1) is 22.6 Å². The van der Waals surface area contributed by atoms with E-state index in [1.807, 2.05) is 48.6 Å². The Balaban J connectivity index is 1.25. The van der Waals surface area contributed by atoms with Crippen LogP contribution >= 0.6 is 0 Å². The molecule has 0 saturated heterocycles. The highest BCUT2D eigenvalue weighted by Crippen LogP contribution is 2.41. The first-order chi connectivity index (χ1) is 27.6. The Kier molecular flexibility index (Phi) is 8.89. The summed E-state index contributed by atoms with van der Waals surface area (Å²) in [6, 6.07) is 57.6. The van der Waals surface area contributed by atoms with Crippen molar-refractivity contribution in [2.24, 2.45) is 4.99 Å². The molecule has 0 aliphatic carbocycles. The van der Waals surface area contributed by atoms with Crippen LogP contribution in [0.2, 0.25) is 0 Å². The van der Waals surface area contributed by atoms with Crippen molar-refractivity contribution in [1.29, 1.82) is 5.41 Å². The van der Waals surface area contributed by atoms with E-state index in [1.54, 1.807) is 0 Å². The Morgan fingerprint density at radius 2 is 1.18 bits per heavy atom. The standard InChI is InChI=1S/C53H39N3/c1-4-15-51-41(5-2)45-31-27-39(33-52(45)56(51)40-28-24-36(25-29-40)35-16-8-6-9-17-35)38-26-30-44-42-20-12-13-21-43(42)46-22-14-23-47(53(46)48(44)32-38)49(54)34-50(55-3)37-18-10-7-11-19-37/h4-34,54H,2-3H2,1H3/b15-4-,50-34-,54-49?. The van der Waals surface area contributed by atoms with Gasteiger partial charge >= 0.3 is 0 Å². The zero-order valence-electron chi connectivity index (χ0n) is 31.2. The third-order valence-corrected chi connectivity index (χ3v) is 10.8. The van der Waals surface area contributed by atoms with E-state index < -0.39 is 0 Å². The van der Waals surface area contributed by atoms with Gasteiger partial charge in [0, 0.05) is 27.8 Å². The smallest absolute Gasteiger partial charge is 0.0716 e. The van der Waals surface area contributed by atoms with Gasteiger partial charge in [-0.1, -0.05) is 158 Å². The molecule has 0 spiro atoms. The monoisotopic (exact) mass is 717 g/mol. The summed E-state index contributed by atoms with van der Waals surface area (Å²) >= 11 is 0. The van der Waals surface area contributed by atoms with Crippen molar-refractivity contribution in [2.45, 2.75) is 6.92 Å². The Labute approximate surface area is 327 Å². The average molecular weight is 718 g/mol. The van der Waals surface area contributed by atoms with Crippen molar-refractivity contribution in [3.63, 3.8) is 0 Å². The minimum Gasteiger partial charge on any atom is -0.309 e. The van der Waals surface area contributed by atoms with E-state index >= 15 is 0 Å². The van der Waals surface area contributed by atoms with Crippen molar-refractivity contribution in [1.82, 2.24) is 4.57 Å². The molecule has 0 amide bonds. The summed E-state index contributed by atoms with van der Waals surface area (Å²) in [5.41, 5.74) is 11.8. The van der Waals surface area contributed by atoms with Crippen LogP contribution in [0.15, 0.2) is 188 Å². The Morgan fingerprint density at radius 1 is 0.589 bits per heavy atom. The predicted octanol–water partition coefficient (Wildman–Crippen LogP) is 14.2. The number of aromatic nitrogens is 1. The molecule has 3 nitrogen and oxygen atoms in total. The highest BCUT2D eigenvalue weighted by atomic mass is 15.0. The van der Waals surface area contributed by atoms with Crippen molar-refractivity contribution >= 4 is 73.5 Å².